The first-order valence-corrected chi connectivity index (χ1v) is 8.99. The minimum atomic E-state index is -0.234. The number of allylic oxidation sites excluding steroid dienone is 2. The molecule has 0 saturated heterocycles. The molecule has 2 aliphatic heterocycles. The van der Waals surface area contributed by atoms with Crippen LogP contribution < -0.4 is 0 Å². The van der Waals surface area contributed by atoms with Gasteiger partial charge in [-0.05, 0) is 40.2 Å². The lowest BCUT2D eigenvalue weighted by Crippen LogP contribution is -2.59. The van der Waals surface area contributed by atoms with Crippen molar-refractivity contribution in [2.24, 2.45) is 16.0 Å². The summed E-state index contributed by atoms with van der Waals surface area (Å²) in [7, 11) is 0. The lowest BCUT2D eigenvalue weighted by atomic mass is 9.94. The van der Waals surface area contributed by atoms with Crippen molar-refractivity contribution < 1.29 is 9.33 Å². The number of benzene rings is 1. The van der Waals surface area contributed by atoms with Crippen LogP contribution >= 0.6 is 0 Å². The topological polar surface area (TPSA) is 34.0 Å². The van der Waals surface area contributed by atoms with E-state index in [1.807, 2.05) is 6.07 Å². The quantitative estimate of drug-likeness (QED) is 0.718. The van der Waals surface area contributed by atoms with Crippen LogP contribution in [0.25, 0.3) is 5.57 Å². The second kappa shape index (κ2) is 5.80. The van der Waals surface area contributed by atoms with E-state index < -0.39 is 0 Å². The normalized spacial score (nSPS) is 25.5. The predicted molar refractivity (Wildman–Crippen MR) is 103 cm³/mol. The highest BCUT2D eigenvalue weighted by Gasteiger charge is 2.58. The summed E-state index contributed by atoms with van der Waals surface area (Å²) in [6.07, 6.45) is 3.32. The van der Waals surface area contributed by atoms with Gasteiger partial charge in [0.05, 0.1) is 11.1 Å². The molecule has 1 aromatic carbocycles. The van der Waals surface area contributed by atoms with Gasteiger partial charge in [-0.15, -0.1) is 0 Å². The fraction of sp³-hybridized carbons (Fsp3) is 0.524. The molecule has 0 amide bonds. The molecule has 0 N–H and O–H groups in total. The monoisotopic (exact) mass is 339 g/mol. The van der Waals surface area contributed by atoms with Crippen LogP contribution in [0.2, 0.25) is 0 Å². The van der Waals surface area contributed by atoms with Gasteiger partial charge < -0.3 is 4.74 Å². The first kappa shape index (κ1) is 17.9. The molecule has 1 radical (unpaired) electrons. The summed E-state index contributed by atoms with van der Waals surface area (Å²) in [5.74, 6) is 0.281. The van der Waals surface area contributed by atoms with Crippen molar-refractivity contribution in [3.63, 3.8) is 0 Å². The molecule has 0 saturated carbocycles. The third-order valence-corrected chi connectivity index (χ3v) is 4.73. The Balaban J connectivity index is 2.27. The van der Waals surface area contributed by atoms with Gasteiger partial charge in [0, 0.05) is 5.92 Å². The summed E-state index contributed by atoms with van der Waals surface area (Å²) in [6, 6.07) is 11.1. The summed E-state index contributed by atoms with van der Waals surface area (Å²) in [5, 5.41) is 4.90. The molecule has 3 rings (SSSR count). The zero-order valence-corrected chi connectivity index (χ0v) is 16.4. The number of amidine groups is 1. The summed E-state index contributed by atoms with van der Waals surface area (Å²) >= 11 is 0. The zero-order valence-electron chi connectivity index (χ0n) is 16.4. The van der Waals surface area contributed by atoms with Crippen molar-refractivity contribution in [2.75, 3.05) is 6.61 Å². The molecule has 4 heteroatoms. The maximum Gasteiger partial charge on any atom is 0.427 e. The molecular weight excluding hydrogens is 310 g/mol. The van der Waals surface area contributed by atoms with Crippen molar-refractivity contribution >= 4 is 17.8 Å². The Morgan fingerprint density at radius 1 is 1.16 bits per heavy atom. The molecule has 1 atom stereocenters. The first-order chi connectivity index (χ1) is 11.6. The number of rotatable bonds is 2. The van der Waals surface area contributed by atoms with Crippen molar-refractivity contribution in [2.45, 2.75) is 59.5 Å². The van der Waals surface area contributed by atoms with E-state index in [0.29, 0.717) is 12.6 Å². The Hall–Kier alpha value is -1.94. The largest absolute Gasteiger partial charge is 0.432 e. The smallest absolute Gasteiger partial charge is 0.427 e. The Bertz CT molecular complexity index is 751. The van der Waals surface area contributed by atoms with E-state index in [9.17, 15) is 0 Å². The fourth-order valence-corrected chi connectivity index (χ4v) is 3.55. The summed E-state index contributed by atoms with van der Waals surface area (Å²) in [5.41, 5.74) is 2.93. The number of aliphatic imine (C=N–C) groups is 1. The van der Waals surface area contributed by atoms with Crippen LogP contribution in [-0.2, 0) is 4.74 Å². The van der Waals surface area contributed by atoms with Crippen molar-refractivity contribution in [3.8, 4) is 0 Å². The van der Waals surface area contributed by atoms with Gasteiger partial charge in [-0.2, -0.15) is 4.99 Å². The first-order valence-electron chi connectivity index (χ1n) is 8.99. The second-order valence-corrected chi connectivity index (χ2v) is 8.79. The van der Waals surface area contributed by atoms with Gasteiger partial charge in [0.2, 0.25) is 0 Å². The molecule has 2 heterocycles. The predicted octanol–water partition coefficient (Wildman–Crippen LogP) is 4.71. The molecule has 1 aromatic rings. The second-order valence-electron chi connectivity index (χ2n) is 8.79. The Morgan fingerprint density at radius 2 is 1.80 bits per heavy atom. The Kier molecular flexibility index (Phi) is 4.15. The minimum Gasteiger partial charge on any atom is -0.432 e. The molecule has 0 aromatic heterocycles. The van der Waals surface area contributed by atoms with E-state index in [0.717, 1.165) is 11.1 Å². The minimum absolute atomic E-state index is 0.223. The molecule has 0 spiro atoms. The van der Waals surface area contributed by atoms with E-state index in [2.05, 4.69) is 78.9 Å². The zero-order chi connectivity index (χ0) is 18.5. The molecule has 1 unspecified atom stereocenters. The van der Waals surface area contributed by atoms with Crippen molar-refractivity contribution in [1.82, 2.24) is 0 Å². The van der Waals surface area contributed by atoms with Gasteiger partial charge in [-0.3, -0.25) is 0 Å². The maximum atomic E-state index is 6.10. The lowest BCUT2D eigenvalue weighted by molar-refractivity contribution is -0.867. The Labute approximate surface area is 151 Å². The number of nitrogens with zero attached hydrogens (tertiary/aromatic N) is 3. The van der Waals surface area contributed by atoms with Crippen molar-refractivity contribution in [1.29, 1.82) is 0 Å². The van der Waals surface area contributed by atoms with Gasteiger partial charge in [0.25, 0.3) is 0 Å². The van der Waals surface area contributed by atoms with Crippen LogP contribution in [0, 0.1) is 5.92 Å². The van der Waals surface area contributed by atoms with Gasteiger partial charge in [-0.1, -0.05) is 53.9 Å². The average molecular weight is 339 g/mol. The SMILES string of the molecule is CC(C)C1=C(c2ccccc2)[C]=N[N+]1(C1=NC(C)(C)CO1)C(C)(C)C. The molecule has 133 valence electrons. The lowest BCUT2D eigenvalue weighted by Gasteiger charge is -2.40. The summed E-state index contributed by atoms with van der Waals surface area (Å²) < 4.78 is 6.36. The molecule has 0 bridgehead atoms. The summed E-state index contributed by atoms with van der Waals surface area (Å²) in [6.45, 7) is 15.8. The van der Waals surface area contributed by atoms with Gasteiger partial charge in [0.15, 0.2) is 11.9 Å². The van der Waals surface area contributed by atoms with Crippen molar-refractivity contribution in [3.05, 3.63) is 41.6 Å². The fourth-order valence-electron chi connectivity index (χ4n) is 3.55. The van der Waals surface area contributed by atoms with Crippen LogP contribution in [0.4, 0.5) is 0 Å². The molecule has 4 nitrogen and oxygen atoms in total. The van der Waals surface area contributed by atoms with Gasteiger partial charge >= 0.3 is 6.02 Å². The highest BCUT2D eigenvalue weighted by atomic mass is 16.5. The van der Waals surface area contributed by atoms with E-state index in [4.69, 9.17) is 14.8 Å². The molecule has 2 aliphatic rings. The highest BCUT2D eigenvalue weighted by Crippen LogP contribution is 2.45. The standard InChI is InChI=1S/C21H29N3O/c1-15(2)18-17(16-11-9-8-10-12-16)13-22-24(18,20(3,4)5)19-23-21(6,7)14-25-19/h8-12,15H,14H2,1-7H3/q+1. The maximum absolute atomic E-state index is 6.10. The van der Waals surface area contributed by atoms with E-state index >= 15 is 0 Å². The third-order valence-electron chi connectivity index (χ3n) is 4.73. The van der Waals surface area contributed by atoms with Gasteiger partial charge in [0.1, 0.15) is 12.1 Å². The van der Waals surface area contributed by atoms with E-state index in [1.54, 1.807) is 0 Å². The molecular formula is C21H29N3O+. The van der Waals surface area contributed by atoms with Crippen LogP contribution in [-0.4, -0.2) is 34.5 Å². The number of hydrogen-bond donors (Lipinski definition) is 0. The Morgan fingerprint density at radius 3 is 2.28 bits per heavy atom. The summed E-state index contributed by atoms with van der Waals surface area (Å²) in [4.78, 5) is 4.90. The number of ether oxygens (including phenoxy) is 1. The van der Waals surface area contributed by atoms with Gasteiger partial charge in [-0.25, -0.2) is 0 Å². The number of hydrogen-bond acceptors (Lipinski definition) is 3. The van der Waals surface area contributed by atoms with Crippen LogP contribution in [0.15, 0.2) is 46.1 Å². The van der Waals surface area contributed by atoms with Crippen LogP contribution in [0.3, 0.4) is 0 Å². The average Bonchev–Trinajstić information content (AvgIpc) is 3.08. The highest BCUT2D eigenvalue weighted by molar-refractivity contribution is 6.12. The molecule has 0 aliphatic carbocycles. The number of quaternary nitrogens is 1. The molecule has 25 heavy (non-hydrogen) atoms. The van der Waals surface area contributed by atoms with Crippen LogP contribution in [0.5, 0.6) is 0 Å². The van der Waals surface area contributed by atoms with E-state index in [1.165, 1.54) is 5.70 Å². The van der Waals surface area contributed by atoms with Crippen LogP contribution in [0.1, 0.15) is 54.0 Å². The molecule has 0 fully saturated rings. The third kappa shape index (κ3) is 2.82. The van der Waals surface area contributed by atoms with E-state index in [-0.39, 0.29) is 21.6 Å².